The molecule has 0 amide bonds. The van der Waals surface area contributed by atoms with Crippen LogP contribution in [0.5, 0.6) is 0 Å². The van der Waals surface area contributed by atoms with Gasteiger partial charge in [-0.05, 0) is 30.7 Å². The lowest BCUT2D eigenvalue weighted by molar-refractivity contribution is -0.131. The molecule has 0 aliphatic carbocycles. The van der Waals surface area contributed by atoms with Gasteiger partial charge >= 0.3 is 5.97 Å². The first-order valence-corrected chi connectivity index (χ1v) is 4.66. The summed E-state index contributed by atoms with van der Waals surface area (Å²) in [7, 11) is 0. The van der Waals surface area contributed by atoms with Crippen LogP contribution >= 0.6 is 15.9 Å². The van der Waals surface area contributed by atoms with Gasteiger partial charge in [-0.15, -0.1) is 0 Å². The first-order valence-electron chi connectivity index (χ1n) is 3.87. The molecule has 0 radical (unpaired) electrons. The molecule has 1 rings (SSSR count). The minimum absolute atomic E-state index is 0.271. The molecular weight excluding hydrogens is 251 g/mol. The Kier molecular flexibility index (Phi) is 3.41. The van der Waals surface area contributed by atoms with Crippen LogP contribution in [0.2, 0.25) is 0 Å². The van der Waals surface area contributed by atoms with E-state index in [4.69, 9.17) is 5.11 Å². The molecule has 74 valence electrons. The molecule has 0 spiro atoms. The summed E-state index contributed by atoms with van der Waals surface area (Å²) in [6, 6.07) is 2.90. The van der Waals surface area contributed by atoms with Crippen LogP contribution in [0.3, 0.4) is 0 Å². The van der Waals surface area contributed by atoms with Crippen molar-refractivity contribution in [1.29, 1.82) is 0 Å². The van der Waals surface area contributed by atoms with Crippen molar-refractivity contribution >= 4 is 28.0 Å². The number of carboxylic acid groups (broad SMARTS) is 1. The molecule has 1 aromatic rings. The second-order valence-electron chi connectivity index (χ2n) is 2.79. The van der Waals surface area contributed by atoms with Crippen LogP contribution in [0, 0.1) is 12.7 Å². The topological polar surface area (TPSA) is 37.3 Å². The fourth-order valence-corrected chi connectivity index (χ4v) is 1.28. The van der Waals surface area contributed by atoms with Crippen molar-refractivity contribution in [2.24, 2.45) is 0 Å². The van der Waals surface area contributed by atoms with Gasteiger partial charge in [-0.2, -0.15) is 0 Å². The van der Waals surface area contributed by atoms with E-state index < -0.39 is 11.8 Å². The highest BCUT2D eigenvalue weighted by atomic mass is 79.9. The second-order valence-corrected chi connectivity index (χ2v) is 3.65. The molecule has 2 nitrogen and oxygen atoms in total. The molecule has 0 heterocycles. The number of carboxylic acids is 1. The Balaban J connectivity index is 3.10. The molecule has 0 atom stereocenters. The third kappa shape index (κ3) is 2.67. The molecule has 0 saturated carbocycles. The normalized spacial score (nSPS) is 10.8. The van der Waals surface area contributed by atoms with E-state index in [1.807, 2.05) is 6.92 Å². The molecule has 0 saturated heterocycles. The largest absolute Gasteiger partial charge is 0.478 e. The molecule has 14 heavy (non-hydrogen) atoms. The lowest BCUT2D eigenvalue weighted by Gasteiger charge is -2.01. The Morgan fingerprint density at radius 2 is 2.21 bits per heavy atom. The van der Waals surface area contributed by atoms with Crippen LogP contribution in [-0.2, 0) is 4.79 Å². The van der Waals surface area contributed by atoms with E-state index in [1.54, 1.807) is 6.07 Å². The maximum atomic E-state index is 13.2. The van der Waals surface area contributed by atoms with Gasteiger partial charge < -0.3 is 5.11 Å². The van der Waals surface area contributed by atoms with Crippen molar-refractivity contribution in [3.8, 4) is 0 Å². The third-order valence-electron chi connectivity index (χ3n) is 1.68. The van der Waals surface area contributed by atoms with Crippen LogP contribution < -0.4 is 0 Å². The summed E-state index contributed by atoms with van der Waals surface area (Å²) in [4.78, 5) is 10.2. The predicted octanol–water partition coefficient (Wildman–Crippen LogP) is 2.99. The Morgan fingerprint density at radius 3 is 2.79 bits per heavy atom. The van der Waals surface area contributed by atoms with Crippen LogP contribution in [0.25, 0.3) is 6.08 Å². The minimum Gasteiger partial charge on any atom is -0.478 e. The zero-order valence-electron chi connectivity index (χ0n) is 7.42. The number of carbonyl (C=O) groups is 1. The van der Waals surface area contributed by atoms with Gasteiger partial charge in [-0.3, -0.25) is 0 Å². The van der Waals surface area contributed by atoms with Crippen molar-refractivity contribution < 1.29 is 14.3 Å². The summed E-state index contributed by atoms with van der Waals surface area (Å²) in [6.45, 7) is 1.81. The van der Waals surface area contributed by atoms with Crippen molar-refractivity contribution in [1.82, 2.24) is 0 Å². The molecule has 0 unspecified atom stereocenters. The van der Waals surface area contributed by atoms with Gasteiger partial charge in [0.25, 0.3) is 0 Å². The molecule has 0 aliphatic rings. The summed E-state index contributed by atoms with van der Waals surface area (Å²) in [5, 5.41) is 8.37. The maximum absolute atomic E-state index is 13.2. The van der Waals surface area contributed by atoms with Gasteiger partial charge in [-0.1, -0.05) is 15.9 Å². The molecule has 1 aromatic carbocycles. The number of benzene rings is 1. The summed E-state index contributed by atoms with van der Waals surface area (Å²) in [6.07, 6.45) is 2.14. The quantitative estimate of drug-likeness (QED) is 0.829. The fraction of sp³-hybridized carbons (Fsp3) is 0.100. The lowest BCUT2D eigenvalue weighted by atomic mass is 10.1. The smallest absolute Gasteiger partial charge is 0.328 e. The van der Waals surface area contributed by atoms with Crippen LogP contribution in [0.1, 0.15) is 11.1 Å². The lowest BCUT2D eigenvalue weighted by Crippen LogP contribution is -1.89. The average molecular weight is 259 g/mol. The number of aryl methyl sites for hydroxylation is 1. The summed E-state index contributed by atoms with van der Waals surface area (Å²) < 4.78 is 13.9. The zero-order chi connectivity index (χ0) is 10.7. The highest BCUT2D eigenvalue weighted by Gasteiger charge is 2.03. The Bertz CT molecular complexity index is 399. The molecule has 0 bridgehead atoms. The molecule has 1 N–H and O–H groups in total. The summed E-state index contributed by atoms with van der Waals surface area (Å²) in [5.74, 6) is -1.54. The van der Waals surface area contributed by atoms with Gasteiger partial charge in [0, 0.05) is 16.1 Å². The van der Waals surface area contributed by atoms with Gasteiger partial charge in [0.15, 0.2) is 0 Å². The number of rotatable bonds is 2. The van der Waals surface area contributed by atoms with E-state index in [-0.39, 0.29) is 5.56 Å². The highest BCUT2D eigenvalue weighted by molar-refractivity contribution is 9.10. The van der Waals surface area contributed by atoms with E-state index in [0.717, 1.165) is 11.6 Å². The fourth-order valence-electron chi connectivity index (χ4n) is 0.968. The van der Waals surface area contributed by atoms with Gasteiger partial charge in [0.05, 0.1) is 0 Å². The van der Waals surface area contributed by atoms with E-state index in [2.05, 4.69) is 15.9 Å². The zero-order valence-corrected chi connectivity index (χ0v) is 9.01. The van der Waals surface area contributed by atoms with Crippen molar-refractivity contribution in [3.63, 3.8) is 0 Å². The monoisotopic (exact) mass is 258 g/mol. The summed E-state index contributed by atoms with van der Waals surface area (Å²) in [5.41, 5.74) is 1.13. The van der Waals surface area contributed by atoms with Crippen molar-refractivity contribution in [2.75, 3.05) is 0 Å². The minimum atomic E-state index is -1.09. The Morgan fingerprint density at radius 1 is 1.57 bits per heavy atom. The van der Waals surface area contributed by atoms with Crippen LogP contribution in [0.4, 0.5) is 4.39 Å². The first-order chi connectivity index (χ1) is 6.50. The van der Waals surface area contributed by atoms with Gasteiger partial charge in [0.1, 0.15) is 5.82 Å². The van der Waals surface area contributed by atoms with E-state index in [9.17, 15) is 9.18 Å². The predicted molar refractivity (Wildman–Crippen MR) is 55.5 cm³/mol. The molecular formula is C10H8BrFO2. The van der Waals surface area contributed by atoms with Crippen molar-refractivity contribution in [3.05, 3.63) is 39.6 Å². The summed E-state index contributed by atoms with van der Waals surface area (Å²) >= 11 is 3.18. The average Bonchev–Trinajstić information content (AvgIpc) is 2.09. The third-order valence-corrected chi connectivity index (χ3v) is 2.54. The number of aliphatic carboxylic acids is 1. The highest BCUT2D eigenvalue weighted by Crippen LogP contribution is 2.21. The second kappa shape index (κ2) is 4.37. The molecule has 4 heteroatoms. The Labute approximate surface area is 89.2 Å². The van der Waals surface area contributed by atoms with E-state index in [0.29, 0.717) is 4.47 Å². The van der Waals surface area contributed by atoms with Crippen LogP contribution in [-0.4, -0.2) is 11.1 Å². The van der Waals surface area contributed by atoms with E-state index >= 15 is 0 Å². The SMILES string of the molecule is Cc1cc(/C=C/C(=O)O)c(F)cc1Br. The maximum Gasteiger partial charge on any atom is 0.328 e. The number of hydrogen-bond donors (Lipinski definition) is 1. The number of hydrogen-bond acceptors (Lipinski definition) is 1. The van der Waals surface area contributed by atoms with Gasteiger partial charge in [-0.25, -0.2) is 9.18 Å². The number of halogens is 2. The standard InChI is InChI=1S/C10H8BrFO2/c1-6-4-7(2-3-10(13)14)9(12)5-8(6)11/h2-5H,1H3,(H,13,14)/b3-2+. The molecule has 0 aliphatic heterocycles. The van der Waals surface area contributed by atoms with E-state index in [1.165, 1.54) is 12.1 Å². The van der Waals surface area contributed by atoms with Gasteiger partial charge in [0.2, 0.25) is 0 Å². The molecule has 0 aromatic heterocycles. The van der Waals surface area contributed by atoms with Crippen molar-refractivity contribution in [2.45, 2.75) is 6.92 Å². The van der Waals surface area contributed by atoms with Crippen LogP contribution in [0.15, 0.2) is 22.7 Å². The Hall–Kier alpha value is -1.16. The first kappa shape index (κ1) is 10.9. The molecule has 0 fully saturated rings.